The largest absolute Gasteiger partial charge is 0.319 e. The first-order valence-corrected chi connectivity index (χ1v) is 8.76. The van der Waals surface area contributed by atoms with Crippen molar-refractivity contribution in [1.82, 2.24) is 4.57 Å². The molecule has 0 rings (SSSR count). The maximum atomic E-state index is 4.05. The fraction of sp³-hybridized carbons (Fsp3) is 0.833. The summed E-state index contributed by atoms with van der Waals surface area (Å²) in [6.45, 7) is 20.3. The van der Waals surface area contributed by atoms with E-state index >= 15 is 0 Å². The number of nitrogens with zero attached hydrogens (tertiary/aromatic N) is 1. The maximum absolute atomic E-state index is 4.05. The van der Waals surface area contributed by atoms with Crippen molar-refractivity contribution >= 4 is 8.24 Å². The molecule has 1 nitrogen and oxygen atoms in total. The summed E-state index contributed by atoms with van der Waals surface area (Å²) < 4.78 is 2.70. The van der Waals surface area contributed by atoms with Gasteiger partial charge in [0, 0.05) is 0 Å². The van der Waals surface area contributed by atoms with E-state index in [1.54, 1.807) is 0 Å². The van der Waals surface area contributed by atoms with Gasteiger partial charge >= 0.3 is 0 Å². The highest BCUT2D eigenvalue weighted by molar-refractivity contribution is 6.75. The van der Waals surface area contributed by atoms with Crippen LogP contribution in [-0.4, -0.2) is 24.9 Å². The average Bonchev–Trinajstić information content (AvgIpc) is 1.77. The van der Waals surface area contributed by atoms with Crippen LogP contribution in [0.1, 0.15) is 34.6 Å². The minimum absolute atomic E-state index is 0.649. The molecule has 0 radical (unpaired) electrons. The Labute approximate surface area is 91.3 Å². The fourth-order valence-electron chi connectivity index (χ4n) is 2.82. The quantitative estimate of drug-likeness (QED) is 0.495. The van der Waals surface area contributed by atoms with Gasteiger partial charge in [0.2, 0.25) is 0 Å². The summed E-state index contributed by atoms with van der Waals surface area (Å²) >= 11 is 0. The molecule has 0 unspecified atom stereocenters. The van der Waals surface area contributed by atoms with Gasteiger partial charge in [-0.05, 0) is 25.1 Å². The lowest BCUT2D eigenvalue weighted by Crippen LogP contribution is -2.55. The number of hydrogen-bond donors (Lipinski definition) is 0. The predicted molar refractivity (Wildman–Crippen MR) is 69.2 cm³/mol. The van der Waals surface area contributed by atoms with Crippen LogP contribution in [0.3, 0.4) is 0 Å². The Morgan fingerprint density at radius 3 is 1.71 bits per heavy atom. The van der Waals surface area contributed by atoms with E-state index in [1.165, 1.54) is 11.6 Å². The fourth-order valence-corrected chi connectivity index (χ4v) is 7.28. The van der Waals surface area contributed by atoms with E-state index < -0.39 is 8.24 Å². The van der Waals surface area contributed by atoms with E-state index in [2.05, 4.69) is 58.9 Å². The van der Waals surface area contributed by atoms with Crippen molar-refractivity contribution in [2.75, 3.05) is 0 Å². The summed E-state index contributed by atoms with van der Waals surface area (Å²) in [5.74, 6) is 0. The van der Waals surface area contributed by atoms with Gasteiger partial charge in [-0.1, -0.05) is 46.4 Å². The molecule has 84 valence electrons. The molecule has 0 aliphatic heterocycles. The monoisotopic (exact) mass is 213 g/mol. The second-order valence-corrected chi connectivity index (χ2v) is 10.0. The molecule has 0 aromatic carbocycles. The average molecular weight is 213 g/mol. The van der Waals surface area contributed by atoms with Crippen molar-refractivity contribution in [3.63, 3.8) is 0 Å². The topological polar surface area (TPSA) is 3.24 Å². The molecule has 0 aliphatic carbocycles. The molecule has 0 N–H and O–H groups in total. The molecule has 2 heteroatoms. The lowest BCUT2D eigenvalue weighted by atomic mass is 10.3. The van der Waals surface area contributed by atoms with Crippen LogP contribution < -0.4 is 0 Å². The first-order chi connectivity index (χ1) is 6.18. The molecule has 0 saturated carbocycles. The minimum atomic E-state index is -1.29. The van der Waals surface area contributed by atoms with Crippen LogP contribution in [0.5, 0.6) is 0 Å². The molecule has 0 fully saturated rings. The Morgan fingerprint density at radius 2 is 1.50 bits per heavy atom. The van der Waals surface area contributed by atoms with Crippen LogP contribution in [0.15, 0.2) is 12.2 Å². The van der Waals surface area contributed by atoms with Gasteiger partial charge in [-0.15, -0.1) is 6.58 Å². The van der Waals surface area contributed by atoms with Crippen LogP contribution in [0.25, 0.3) is 0 Å². The Hall–Kier alpha value is -0.0831. The molecule has 0 aromatic rings. The second-order valence-electron chi connectivity index (χ2n) is 5.54. The first kappa shape index (κ1) is 13.9. The zero-order chi connectivity index (χ0) is 11.5. The van der Waals surface area contributed by atoms with E-state index in [9.17, 15) is 0 Å². The molecule has 0 amide bonds. The normalized spacial score (nSPS) is 13.0. The second kappa shape index (κ2) is 5.13. The van der Waals surface area contributed by atoms with Crippen LogP contribution in [0.2, 0.25) is 19.1 Å². The van der Waals surface area contributed by atoms with Gasteiger partial charge in [0.1, 0.15) is 8.24 Å². The summed E-state index contributed by atoms with van der Waals surface area (Å²) in [6.07, 6.45) is 0. The van der Waals surface area contributed by atoms with Gasteiger partial charge in [0.05, 0.1) is 0 Å². The molecular formula is C12H27NSi. The van der Waals surface area contributed by atoms with Gasteiger partial charge in [-0.25, -0.2) is 0 Å². The Morgan fingerprint density at radius 1 is 1.14 bits per heavy atom. The SMILES string of the molecule is C=C(C)C[Si](C)(C)N(C(C)C)C(C)C. The Kier molecular flexibility index (Phi) is 5.10. The molecule has 0 aromatic heterocycles. The van der Waals surface area contributed by atoms with E-state index in [0.717, 1.165) is 0 Å². The summed E-state index contributed by atoms with van der Waals surface area (Å²) in [4.78, 5) is 0. The van der Waals surface area contributed by atoms with Gasteiger partial charge in [0.25, 0.3) is 0 Å². The lowest BCUT2D eigenvalue weighted by Gasteiger charge is -2.43. The standard InChI is InChI=1S/C12H27NSi/c1-10(2)9-14(7,8)13(11(3)4)12(5)6/h11-12H,1,9H2,2-8H3. The lowest BCUT2D eigenvalue weighted by molar-refractivity contribution is 0.294. The third kappa shape index (κ3) is 3.97. The van der Waals surface area contributed by atoms with Gasteiger partial charge < -0.3 is 4.57 Å². The molecular weight excluding hydrogens is 186 g/mol. The number of hydrogen-bond acceptors (Lipinski definition) is 1. The van der Waals surface area contributed by atoms with Crippen LogP contribution in [0.4, 0.5) is 0 Å². The predicted octanol–water partition coefficient (Wildman–Crippen LogP) is 3.89. The highest BCUT2D eigenvalue weighted by Gasteiger charge is 2.32. The molecule has 14 heavy (non-hydrogen) atoms. The summed E-state index contributed by atoms with van der Waals surface area (Å²) in [7, 11) is -1.29. The molecule has 0 saturated heterocycles. The van der Waals surface area contributed by atoms with Crippen molar-refractivity contribution in [2.24, 2.45) is 0 Å². The highest BCUT2D eigenvalue weighted by Crippen LogP contribution is 2.24. The molecule has 0 heterocycles. The summed E-state index contributed by atoms with van der Waals surface area (Å²) in [5.41, 5.74) is 1.33. The molecule has 0 bridgehead atoms. The Bertz CT molecular complexity index is 186. The van der Waals surface area contributed by atoms with Crippen molar-refractivity contribution in [3.8, 4) is 0 Å². The van der Waals surface area contributed by atoms with Gasteiger partial charge in [0.15, 0.2) is 0 Å². The van der Waals surface area contributed by atoms with Crippen LogP contribution in [0, 0.1) is 0 Å². The van der Waals surface area contributed by atoms with Crippen LogP contribution >= 0.6 is 0 Å². The molecule has 0 atom stereocenters. The smallest absolute Gasteiger partial charge is 0.126 e. The Balaban J connectivity index is 4.71. The first-order valence-electron chi connectivity index (χ1n) is 5.61. The van der Waals surface area contributed by atoms with Crippen molar-refractivity contribution in [2.45, 2.75) is 65.8 Å². The van der Waals surface area contributed by atoms with Gasteiger partial charge in [-0.2, -0.15) is 0 Å². The van der Waals surface area contributed by atoms with Crippen molar-refractivity contribution in [1.29, 1.82) is 0 Å². The van der Waals surface area contributed by atoms with E-state index in [0.29, 0.717) is 12.1 Å². The van der Waals surface area contributed by atoms with Crippen LogP contribution in [-0.2, 0) is 0 Å². The molecule has 0 aliphatic rings. The van der Waals surface area contributed by atoms with Crippen molar-refractivity contribution < 1.29 is 0 Å². The maximum Gasteiger partial charge on any atom is 0.126 e. The summed E-state index contributed by atoms with van der Waals surface area (Å²) in [5, 5.41) is 0. The highest BCUT2D eigenvalue weighted by atomic mass is 28.3. The number of allylic oxidation sites excluding steroid dienone is 1. The third-order valence-corrected chi connectivity index (χ3v) is 6.45. The summed E-state index contributed by atoms with van der Waals surface area (Å²) in [6, 6.07) is 2.51. The third-order valence-electron chi connectivity index (χ3n) is 2.55. The van der Waals surface area contributed by atoms with E-state index in [-0.39, 0.29) is 0 Å². The van der Waals surface area contributed by atoms with Crippen molar-refractivity contribution in [3.05, 3.63) is 12.2 Å². The zero-order valence-electron chi connectivity index (χ0n) is 11.0. The van der Waals surface area contributed by atoms with E-state index in [4.69, 9.17) is 0 Å². The number of rotatable bonds is 5. The van der Waals surface area contributed by atoms with E-state index in [1.807, 2.05) is 0 Å². The minimum Gasteiger partial charge on any atom is -0.319 e. The molecule has 0 spiro atoms. The zero-order valence-corrected chi connectivity index (χ0v) is 12.0. The van der Waals surface area contributed by atoms with Gasteiger partial charge in [-0.3, -0.25) is 0 Å².